The second kappa shape index (κ2) is 4.19. The van der Waals surface area contributed by atoms with Gasteiger partial charge in [-0.1, -0.05) is 34.1 Å². The maximum absolute atomic E-state index is 11.5. The maximum Gasteiger partial charge on any atom is 0.155 e. The Morgan fingerprint density at radius 2 is 1.80 bits per heavy atom. The minimum absolute atomic E-state index is 0.194. The molecule has 0 saturated heterocycles. The Balaban J connectivity index is 2.57. The third kappa shape index (κ3) is 2.12. The first-order valence-electron chi connectivity index (χ1n) is 4.93. The summed E-state index contributed by atoms with van der Waals surface area (Å²) in [6.45, 7) is 0. The fourth-order valence-electron chi connectivity index (χ4n) is 1.59. The SMILES string of the molecule is BCC(=O)c1ccc2cc(Br)ccc2c1. The second-order valence-corrected chi connectivity index (χ2v) is 4.40. The van der Waals surface area contributed by atoms with Crippen molar-refractivity contribution in [3.8, 4) is 0 Å². The Bertz CT molecular complexity index is 522. The lowest BCUT2D eigenvalue weighted by Gasteiger charge is -2.02. The molecule has 1 nitrogen and oxygen atoms in total. The van der Waals surface area contributed by atoms with Gasteiger partial charge in [0, 0.05) is 10.0 Å². The second-order valence-electron chi connectivity index (χ2n) is 3.48. The standard InChI is InChI=1S/C12H10BBrO/c13-7-12(15)10-2-1-9-6-11(14)4-3-8(9)5-10/h1-6H,7,13H2. The van der Waals surface area contributed by atoms with E-state index in [1.165, 1.54) is 0 Å². The van der Waals surface area contributed by atoms with E-state index in [9.17, 15) is 4.79 Å². The van der Waals surface area contributed by atoms with Gasteiger partial charge < -0.3 is 0 Å². The molecule has 0 aliphatic heterocycles. The molecule has 0 spiro atoms. The van der Waals surface area contributed by atoms with Crippen molar-refractivity contribution in [3.63, 3.8) is 0 Å². The van der Waals surface area contributed by atoms with Crippen molar-refractivity contribution in [3.05, 3.63) is 46.4 Å². The minimum Gasteiger partial charge on any atom is -0.295 e. The third-order valence-electron chi connectivity index (χ3n) is 2.45. The molecule has 2 rings (SSSR count). The lowest BCUT2D eigenvalue weighted by Crippen LogP contribution is -1.96. The Hall–Kier alpha value is -1.09. The topological polar surface area (TPSA) is 17.1 Å². The van der Waals surface area contributed by atoms with Crippen LogP contribution in [0.4, 0.5) is 0 Å². The number of rotatable bonds is 2. The van der Waals surface area contributed by atoms with Crippen LogP contribution in [0.25, 0.3) is 10.8 Å². The summed E-state index contributed by atoms with van der Waals surface area (Å²) in [5.74, 6) is 0.194. The van der Waals surface area contributed by atoms with Gasteiger partial charge in [0.15, 0.2) is 5.78 Å². The molecule has 0 unspecified atom stereocenters. The van der Waals surface area contributed by atoms with Crippen LogP contribution in [0.3, 0.4) is 0 Å². The summed E-state index contributed by atoms with van der Waals surface area (Å²) < 4.78 is 1.06. The number of carbonyl (C=O) groups is 1. The van der Waals surface area contributed by atoms with E-state index in [2.05, 4.69) is 22.0 Å². The highest BCUT2D eigenvalue weighted by Gasteiger charge is 2.03. The van der Waals surface area contributed by atoms with Crippen LogP contribution >= 0.6 is 15.9 Å². The molecule has 0 atom stereocenters. The molecule has 2 aromatic carbocycles. The Labute approximate surface area is 98.0 Å². The molecule has 0 aliphatic rings. The number of hydrogen-bond acceptors (Lipinski definition) is 1. The molecule has 0 saturated carbocycles. The van der Waals surface area contributed by atoms with Gasteiger partial charge in [-0.05, 0) is 35.3 Å². The van der Waals surface area contributed by atoms with Crippen molar-refractivity contribution in [1.82, 2.24) is 0 Å². The van der Waals surface area contributed by atoms with Gasteiger partial charge in [-0.2, -0.15) is 0 Å². The average molecular weight is 261 g/mol. The Kier molecular flexibility index (Phi) is 2.92. The molecule has 2 aromatic rings. The monoisotopic (exact) mass is 260 g/mol. The van der Waals surface area contributed by atoms with Crippen molar-refractivity contribution in [2.45, 2.75) is 6.32 Å². The van der Waals surface area contributed by atoms with Crippen LogP contribution in [0.1, 0.15) is 10.4 Å². The Morgan fingerprint density at radius 3 is 2.53 bits per heavy atom. The number of benzene rings is 2. The van der Waals surface area contributed by atoms with Crippen LogP contribution in [-0.2, 0) is 0 Å². The van der Waals surface area contributed by atoms with Crippen LogP contribution in [0.15, 0.2) is 40.9 Å². The normalized spacial score (nSPS) is 10.5. The molecule has 0 aromatic heterocycles. The van der Waals surface area contributed by atoms with Crippen LogP contribution in [-0.4, -0.2) is 13.6 Å². The van der Waals surface area contributed by atoms with Gasteiger partial charge in [-0.3, -0.25) is 4.79 Å². The lowest BCUT2D eigenvalue weighted by atomic mass is 9.94. The molecular formula is C12H10BBrO. The molecule has 0 amide bonds. The fraction of sp³-hybridized carbons (Fsp3) is 0.0833. The van der Waals surface area contributed by atoms with E-state index in [-0.39, 0.29) is 5.78 Å². The quantitative estimate of drug-likeness (QED) is 0.600. The summed E-state index contributed by atoms with van der Waals surface area (Å²) in [5.41, 5.74) is 0.798. The number of fused-ring (bicyclic) bond motifs is 1. The number of carbonyl (C=O) groups excluding carboxylic acids is 1. The highest BCUT2D eigenvalue weighted by molar-refractivity contribution is 9.10. The van der Waals surface area contributed by atoms with Crippen molar-refractivity contribution in [1.29, 1.82) is 0 Å². The molecular weight excluding hydrogens is 251 g/mol. The number of hydrogen-bond donors (Lipinski definition) is 0. The molecule has 0 bridgehead atoms. The van der Waals surface area contributed by atoms with Gasteiger partial charge in [0.25, 0.3) is 0 Å². The minimum atomic E-state index is 0.194. The average Bonchev–Trinajstić information content (AvgIpc) is 2.27. The summed E-state index contributed by atoms with van der Waals surface area (Å²) in [7, 11) is 1.88. The fourth-order valence-corrected chi connectivity index (χ4v) is 1.97. The summed E-state index contributed by atoms with van der Waals surface area (Å²) in [6.07, 6.45) is 0.558. The molecule has 0 heterocycles. The van der Waals surface area contributed by atoms with Crippen LogP contribution < -0.4 is 0 Å². The number of Topliss-reactive ketones (excluding diaryl/α,β-unsaturated/α-hetero) is 1. The number of ketones is 1. The maximum atomic E-state index is 11.5. The molecule has 3 heteroatoms. The predicted octanol–water partition coefficient (Wildman–Crippen LogP) is 2.84. The first-order chi connectivity index (χ1) is 7.20. The third-order valence-corrected chi connectivity index (χ3v) is 2.94. The highest BCUT2D eigenvalue weighted by atomic mass is 79.9. The summed E-state index contributed by atoms with van der Waals surface area (Å²) >= 11 is 3.43. The zero-order chi connectivity index (χ0) is 10.8. The first kappa shape index (κ1) is 10.4. The van der Waals surface area contributed by atoms with E-state index in [0.717, 1.165) is 20.8 Å². The summed E-state index contributed by atoms with van der Waals surface area (Å²) in [5, 5.41) is 2.26. The van der Waals surface area contributed by atoms with E-state index in [4.69, 9.17) is 0 Å². The van der Waals surface area contributed by atoms with Gasteiger partial charge in [0.1, 0.15) is 7.85 Å². The van der Waals surface area contributed by atoms with Crippen molar-refractivity contribution >= 4 is 40.3 Å². The number of halogens is 1. The van der Waals surface area contributed by atoms with Crippen LogP contribution in [0.2, 0.25) is 6.32 Å². The lowest BCUT2D eigenvalue weighted by molar-refractivity contribution is 0.101. The predicted molar refractivity (Wildman–Crippen MR) is 69.3 cm³/mol. The highest BCUT2D eigenvalue weighted by Crippen LogP contribution is 2.21. The van der Waals surface area contributed by atoms with Crippen LogP contribution in [0.5, 0.6) is 0 Å². The van der Waals surface area contributed by atoms with Gasteiger partial charge in [-0.15, -0.1) is 0 Å². The largest absolute Gasteiger partial charge is 0.295 e. The molecule has 0 N–H and O–H groups in total. The zero-order valence-electron chi connectivity index (χ0n) is 8.46. The molecule has 74 valence electrons. The van der Waals surface area contributed by atoms with Gasteiger partial charge in [-0.25, -0.2) is 0 Å². The van der Waals surface area contributed by atoms with Gasteiger partial charge in [0.05, 0.1) is 0 Å². The smallest absolute Gasteiger partial charge is 0.155 e. The van der Waals surface area contributed by atoms with E-state index in [1.54, 1.807) is 0 Å². The summed E-state index contributed by atoms with van der Waals surface area (Å²) in [4.78, 5) is 11.5. The first-order valence-corrected chi connectivity index (χ1v) is 5.72. The van der Waals surface area contributed by atoms with Crippen molar-refractivity contribution in [2.75, 3.05) is 0 Å². The van der Waals surface area contributed by atoms with E-state index in [0.29, 0.717) is 6.32 Å². The van der Waals surface area contributed by atoms with Crippen LogP contribution in [0, 0.1) is 0 Å². The molecule has 0 aliphatic carbocycles. The van der Waals surface area contributed by atoms with Crippen molar-refractivity contribution < 1.29 is 4.79 Å². The van der Waals surface area contributed by atoms with Gasteiger partial charge in [0.2, 0.25) is 0 Å². The van der Waals surface area contributed by atoms with E-state index < -0.39 is 0 Å². The molecule has 15 heavy (non-hydrogen) atoms. The van der Waals surface area contributed by atoms with E-state index in [1.807, 2.05) is 38.2 Å². The molecule has 0 fully saturated rings. The van der Waals surface area contributed by atoms with Gasteiger partial charge >= 0.3 is 0 Å². The summed E-state index contributed by atoms with van der Waals surface area (Å²) in [6, 6.07) is 11.9. The zero-order valence-corrected chi connectivity index (χ0v) is 10.0. The van der Waals surface area contributed by atoms with E-state index >= 15 is 0 Å². The molecule has 0 radical (unpaired) electrons. The van der Waals surface area contributed by atoms with Crippen molar-refractivity contribution in [2.24, 2.45) is 0 Å². The Morgan fingerprint density at radius 1 is 1.13 bits per heavy atom.